The second-order valence-corrected chi connectivity index (χ2v) is 2.78. The van der Waals surface area contributed by atoms with Crippen molar-refractivity contribution in [3.05, 3.63) is 41.6 Å². The second kappa shape index (κ2) is 4.23. The van der Waals surface area contributed by atoms with Gasteiger partial charge in [0.1, 0.15) is 0 Å². The highest BCUT2D eigenvalue weighted by Crippen LogP contribution is 2.15. The van der Waals surface area contributed by atoms with Gasteiger partial charge in [-0.3, -0.25) is 4.79 Å². The topological polar surface area (TPSA) is 134 Å². The van der Waals surface area contributed by atoms with Gasteiger partial charge >= 0.3 is 0 Å². The molecule has 0 aliphatic carbocycles. The molecule has 0 radical (unpaired) electrons. The molecule has 6 nitrogen and oxygen atoms in total. The van der Waals surface area contributed by atoms with Crippen molar-refractivity contribution in [2.45, 2.75) is 0 Å². The lowest BCUT2D eigenvalue weighted by molar-refractivity contribution is -0.114. The van der Waals surface area contributed by atoms with Gasteiger partial charge in [-0.15, -0.1) is 0 Å². The number of rotatable bonds is 3. The fraction of sp³-hybridized carbons (Fsp3) is 0. The maximum absolute atomic E-state index is 10.9. The van der Waals surface area contributed by atoms with Crippen LogP contribution in [0.15, 0.2) is 40.5 Å². The van der Waals surface area contributed by atoms with Crippen LogP contribution in [0.5, 0.6) is 0 Å². The van der Waals surface area contributed by atoms with E-state index >= 15 is 0 Å². The van der Waals surface area contributed by atoms with Crippen molar-refractivity contribution in [3.63, 3.8) is 0 Å². The van der Waals surface area contributed by atoms with Crippen LogP contribution in [0.3, 0.4) is 0 Å². The molecule has 1 rings (SSSR count). The summed E-state index contributed by atoms with van der Waals surface area (Å²) in [5, 5.41) is 0. The van der Waals surface area contributed by atoms with Crippen LogP contribution >= 0.6 is 0 Å². The van der Waals surface area contributed by atoms with Gasteiger partial charge in [-0.25, -0.2) is 0 Å². The summed E-state index contributed by atoms with van der Waals surface area (Å²) in [5.41, 5.74) is 22.4. The maximum atomic E-state index is 10.9. The van der Waals surface area contributed by atoms with Crippen LogP contribution in [0.1, 0.15) is 5.56 Å². The minimum atomic E-state index is -0.735. The van der Waals surface area contributed by atoms with E-state index in [2.05, 4.69) is 0 Å². The van der Waals surface area contributed by atoms with E-state index in [1.807, 2.05) is 0 Å². The second-order valence-electron chi connectivity index (χ2n) is 2.78. The van der Waals surface area contributed by atoms with Gasteiger partial charge in [-0.05, 0) is 6.07 Å². The van der Waals surface area contributed by atoms with E-state index in [4.69, 9.17) is 27.4 Å². The Bertz CT molecular complexity index is 417. The lowest BCUT2D eigenvalue weighted by Crippen LogP contribution is -2.22. The van der Waals surface area contributed by atoms with Crippen LogP contribution in [-0.2, 0) is 4.79 Å². The molecule has 0 saturated carbocycles. The lowest BCUT2D eigenvalue weighted by Gasteiger charge is -2.06. The van der Waals surface area contributed by atoms with Crippen LogP contribution in [0.4, 0.5) is 0 Å². The molecule has 0 spiro atoms. The third-order valence-electron chi connectivity index (χ3n) is 1.84. The molecule has 6 heteroatoms. The quantitative estimate of drug-likeness (QED) is 0.380. The molecule has 1 amide bonds. The van der Waals surface area contributed by atoms with Gasteiger partial charge in [0, 0.05) is 11.8 Å². The molecule has 0 fully saturated rings. The Hall–Kier alpha value is -2.37. The molecule has 0 bridgehead atoms. The Labute approximate surface area is 86.2 Å². The summed E-state index contributed by atoms with van der Waals surface area (Å²) >= 11 is 0. The van der Waals surface area contributed by atoms with Crippen molar-refractivity contribution >= 4 is 11.6 Å². The molecule has 1 aromatic heterocycles. The summed E-state index contributed by atoms with van der Waals surface area (Å²) in [6.07, 6.45) is 3.85. The van der Waals surface area contributed by atoms with Gasteiger partial charge < -0.3 is 27.4 Å². The normalized spacial score (nSPS) is 13.5. The Balaban J connectivity index is 3.16. The molecule has 8 N–H and O–H groups in total. The first-order chi connectivity index (χ1) is 7.07. The summed E-state index contributed by atoms with van der Waals surface area (Å²) in [5.74, 6) is -0.735. The molecular formula is C9H12N4O2. The molecule has 80 valence electrons. The molecule has 0 atom stereocenters. The van der Waals surface area contributed by atoms with Crippen LogP contribution in [0.25, 0.3) is 5.70 Å². The largest absolute Gasteiger partial charge is 0.472 e. The molecule has 0 unspecified atom stereocenters. The minimum absolute atomic E-state index is 0.0197. The van der Waals surface area contributed by atoms with E-state index in [1.54, 1.807) is 6.07 Å². The number of amides is 1. The van der Waals surface area contributed by atoms with Crippen molar-refractivity contribution in [1.82, 2.24) is 0 Å². The molecule has 0 saturated heterocycles. The first-order valence-electron chi connectivity index (χ1n) is 4.07. The van der Waals surface area contributed by atoms with Gasteiger partial charge in [-0.2, -0.15) is 0 Å². The number of hydrogen-bond acceptors (Lipinski definition) is 5. The monoisotopic (exact) mass is 208 g/mol. The molecular weight excluding hydrogens is 196 g/mol. The molecule has 15 heavy (non-hydrogen) atoms. The summed E-state index contributed by atoms with van der Waals surface area (Å²) in [7, 11) is 0. The van der Waals surface area contributed by atoms with Gasteiger partial charge in [0.05, 0.1) is 29.5 Å². The van der Waals surface area contributed by atoms with Gasteiger partial charge in [0.25, 0.3) is 5.91 Å². The van der Waals surface area contributed by atoms with E-state index in [0.717, 1.165) is 6.20 Å². The number of hydrogen-bond donors (Lipinski definition) is 4. The number of primary amides is 1. The van der Waals surface area contributed by atoms with Crippen molar-refractivity contribution in [2.24, 2.45) is 22.9 Å². The van der Waals surface area contributed by atoms with Crippen molar-refractivity contribution in [3.8, 4) is 0 Å². The maximum Gasteiger partial charge on any atom is 0.252 e. The van der Waals surface area contributed by atoms with Crippen molar-refractivity contribution in [2.75, 3.05) is 0 Å². The van der Waals surface area contributed by atoms with Crippen molar-refractivity contribution in [1.29, 1.82) is 0 Å². The number of nitrogens with two attached hydrogens (primary N) is 4. The highest BCUT2D eigenvalue weighted by atomic mass is 16.3. The number of carbonyl (C=O) groups excluding carboxylic acids is 1. The van der Waals surface area contributed by atoms with E-state index in [-0.39, 0.29) is 17.0 Å². The standard InChI is InChI=1S/C9H12N4O2/c10-3-6(9(13)14)8(12)7(11)5-1-2-15-4-5/h1-4H,10-12H2,(H2,13,14)/b6-3+,8-7+. The Morgan fingerprint density at radius 3 is 2.40 bits per heavy atom. The minimum Gasteiger partial charge on any atom is -0.472 e. The van der Waals surface area contributed by atoms with Gasteiger partial charge in [0.2, 0.25) is 0 Å². The summed E-state index contributed by atoms with van der Waals surface area (Å²) in [6.45, 7) is 0. The Morgan fingerprint density at radius 2 is 2.00 bits per heavy atom. The smallest absolute Gasteiger partial charge is 0.252 e. The van der Waals surface area contributed by atoms with Crippen LogP contribution in [-0.4, -0.2) is 5.91 Å². The predicted octanol–water partition coefficient (Wildman–Crippen LogP) is -0.806. The fourth-order valence-corrected chi connectivity index (χ4v) is 1.02. The number of furan rings is 1. The zero-order valence-corrected chi connectivity index (χ0v) is 7.94. The summed E-state index contributed by atoms with van der Waals surface area (Å²) < 4.78 is 4.82. The van der Waals surface area contributed by atoms with Crippen LogP contribution in [0, 0.1) is 0 Å². The SMILES string of the molecule is N/C=C(C(N)=O)\C(N)=C(/N)c1ccoc1. The highest BCUT2D eigenvalue weighted by Gasteiger charge is 2.12. The fourth-order valence-electron chi connectivity index (χ4n) is 1.02. The van der Waals surface area contributed by atoms with Gasteiger partial charge in [0.15, 0.2) is 0 Å². The summed E-state index contributed by atoms with van der Waals surface area (Å²) in [6, 6.07) is 1.61. The first kappa shape index (κ1) is 10.7. The average molecular weight is 208 g/mol. The molecule has 1 aromatic rings. The van der Waals surface area contributed by atoms with E-state index in [1.165, 1.54) is 12.5 Å². The third-order valence-corrected chi connectivity index (χ3v) is 1.84. The molecule has 1 heterocycles. The van der Waals surface area contributed by atoms with E-state index in [9.17, 15) is 4.79 Å². The van der Waals surface area contributed by atoms with Gasteiger partial charge in [-0.1, -0.05) is 0 Å². The summed E-state index contributed by atoms with van der Waals surface area (Å²) in [4.78, 5) is 10.9. The highest BCUT2D eigenvalue weighted by molar-refractivity contribution is 5.98. The van der Waals surface area contributed by atoms with E-state index < -0.39 is 5.91 Å². The Morgan fingerprint density at radius 1 is 1.33 bits per heavy atom. The molecule has 0 aliphatic heterocycles. The predicted molar refractivity (Wildman–Crippen MR) is 55.5 cm³/mol. The average Bonchev–Trinajstić information content (AvgIpc) is 2.69. The molecule has 0 aliphatic rings. The number of carbonyl (C=O) groups is 1. The lowest BCUT2D eigenvalue weighted by atomic mass is 10.1. The first-order valence-corrected chi connectivity index (χ1v) is 4.07. The Kier molecular flexibility index (Phi) is 3.02. The van der Waals surface area contributed by atoms with Crippen molar-refractivity contribution < 1.29 is 9.21 Å². The zero-order valence-electron chi connectivity index (χ0n) is 7.94. The van der Waals surface area contributed by atoms with Crippen LogP contribution in [0.2, 0.25) is 0 Å². The molecule has 0 aromatic carbocycles. The van der Waals surface area contributed by atoms with E-state index in [0.29, 0.717) is 5.56 Å². The van der Waals surface area contributed by atoms with Crippen LogP contribution < -0.4 is 22.9 Å². The zero-order chi connectivity index (χ0) is 11.4. The third kappa shape index (κ3) is 2.11.